The van der Waals surface area contributed by atoms with Crippen molar-refractivity contribution in [2.45, 2.75) is 32.9 Å². The zero-order chi connectivity index (χ0) is 16.8. The van der Waals surface area contributed by atoms with Crippen molar-refractivity contribution in [2.75, 3.05) is 18.6 Å². The van der Waals surface area contributed by atoms with E-state index in [0.717, 1.165) is 11.0 Å². The second-order valence-electron chi connectivity index (χ2n) is 5.40. The van der Waals surface area contributed by atoms with Crippen molar-refractivity contribution in [2.24, 2.45) is 0 Å². The summed E-state index contributed by atoms with van der Waals surface area (Å²) in [4.78, 5) is 24.3. The molecule has 0 bridgehead atoms. The lowest BCUT2D eigenvalue weighted by Crippen LogP contribution is -2.29. The highest BCUT2D eigenvalue weighted by Crippen LogP contribution is 2.12. The van der Waals surface area contributed by atoms with Gasteiger partial charge in [-0.1, -0.05) is 12.1 Å². The molecule has 1 amide bonds. The Morgan fingerprint density at radius 2 is 1.87 bits per heavy atom. The summed E-state index contributed by atoms with van der Waals surface area (Å²) >= 11 is 0. The normalized spacial score (nSPS) is 12.4. The van der Waals surface area contributed by atoms with Crippen LogP contribution in [-0.4, -0.2) is 37.8 Å². The predicted octanol–water partition coefficient (Wildman–Crippen LogP) is 1.10. The summed E-state index contributed by atoms with van der Waals surface area (Å²) in [6.45, 7) is 3.41. The summed E-state index contributed by atoms with van der Waals surface area (Å²) in [6.07, 6.45) is 2.61. The van der Waals surface area contributed by atoms with E-state index in [0.29, 0.717) is 31.8 Å². The summed E-state index contributed by atoms with van der Waals surface area (Å²) in [7, 11) is -0.830. The number of para-hydroxylation sites is 2. The Morgan fingerprint density at radius 1 is 1.22 bits per heavy atom. The first-order valence-corrected chi connectivity index (χ1v) is 9.52. The summed E-state index contributed by atoms with van der Waals surface area (Å²) in [6, 6.07) is 7.62. The number of hydrogen-bond acceptors (Lipinski definition) is 3. The van der Waals surface area contributed by atoms with Crippen LogP contribution in [0, 0.1) is 0 Å². The van der Waals surface area contributed by atoms with Gasteiger partial charge in [0.2, 0.25) is 5.91 Å². The van der Waals surface area contributed by atoms with Gasteiger partial charge in [-0.2, -0.15) is 0 Å². The predicted molar refractivity (Wildman–Crippen MR) is 93.0 cm³/mol. The fraction of sp³-hybridized carbons (Fsp3) is 0.500. The van der Waals surface area contributed by atoms with Gasteiger partial charge in [0.25, 0.3) is 0 Å². The summed E-state index contributed by atoms with van der Waals surface area (Å²) in [5.41, 5.74) is 1.67. The van der Waals surface area contributed by atoms with Gasteiger partial charge >= 0.3 is 5.69 Å². The number of amides is 1. The fourth-order valence-corrected chi connectivity index (χ4v) is 3.15. The number of nitrogens with one attached hydrogen (secondary N) is 1. The highest BCUT2D eigenvalue weighted by molar-refractivity contribution is 7.84. The number of aromatic nitrogens is 2. The lowest BCUT2D eigenvalue weighted by atomic mass is 10.3. The van der Waals surface area contributed by atoms with Crippen LogP contribution in [0.1, 0.15) is 19.8 Å². The van der Waals surface area contributed by atoms with Crippen LogP contribution < -0.4 is 11.0 Å². The maximum Gasteiger partial charge on any atom is 0.329 e. The minimum atomic E-state index is -0.830. The molecule has 1 aromatic heterocycles. The molecule has 0 fully saturated rings. The van der Waals surface area contributed by atoms with E-state index < -0.39 is 10.8 Å². The number of nitrogens with zero attached hydrogens (tertiary/aromatic N) is 2. The van der Waals surface area contributed by atoms with Crippen molar-refractivity contribution in [3.63, 3.8) is 0 Å². The number of aryl methyl sites for hydroxylation is 2. The lowest BCUT2D eigenvalue weighted by molar-refractivity contribution is -0.121. The van der Waals surface area contributed by atoms with Gasteiger partial charge in [0.1, 0.15) is 0 Å². The highest BCUT2D eigenvalue weighted by Gasteiger charge is 2.12. The summed E-state index contributed by atoms with van der Waals surface area (Å²) in [5, 5.41) is 2.80. The van der Waals surface area contributed by atoms with Crippen molar-refractivity contribution in [3.05, 3.63) is 34.7 Å². The molecule has 0 radical (unpaired) electrons. The lowest BCUT2D eigenvalue weighted by Gasteiger charge is -2.05. The van der Waals surface area contributed by atoms with Gasteiger partial charge in [0, 0.05) is 48.9 Å². The molecule has 6 nitrogen and oxygen atoms in total. The second-order valence-corrected chi connectivity index (χ2v) is 6.95. The third-order valence-electron chi connectivity index (χ3n) is 3.73. The Bertz CT molecular complexity index is 764. The van der Waals surface area contributed by atoms with Crippen LogP contribution in [0.15, 0.2) is 29.1 Å². The smallest absolute Gasteiger partial charge is 0.329 e. The number of benzene rings is 1. The molecule has 0 unspecified atom stereocenters. The molecule has 0 saturated heterocycles. The Labute approximate surface area is 137 Å². The van der Waals surface area contributed by atoms with Gasteiger partial charge in [-0.15, -0.1) is 0 Å². The van der Waals surface area contributed by atoms with Crippen molar-refractivity contribution in [1.82, 2.24) is 14.5 Å². The Balaban J connectivity index is 2.00. The maximum absolute atomic E-state index is 12.4. The molecule has 23 heavy (non-hydrogen) atoms. The average Bonchev–Trinajstić information content (AvgIpc) is 2.80. The van der Waals surface area contributed by atoms with Crippen LogP contribution in [0.2, 0.25) is 0 Å². The average molecular weight is 337 g/mol. The largest absolute Gasteiger partial charge is 0.356 e. The molecule has 0 aliphatic heterocycles. The van der Waals surface area contributed by atoms with E-state index in [9.17, 15) is 13.8 Å². The summed E-state index contributed by atoms with van der Waals surface area (Å²) in [5.74, 6) is 0.496. The first-order chi connectivity index (χ1) is 11.0. The molecule has 126 valence electrons. The third kappa shape index (κ3) is 4.31. The first kappa shape index (κ1) is 17.5. The minimum Gasteiger partial charge on any atom is -0.356 e. The molecule has 0 aliphatic carbocycles. The molecule has 1 heterocycles. The van der Waals surface area contributed by atoms with Crippen LogP contribution in [-0.2, 0) is 28.7 Å². The monoisotopic (exact) mass is 337 g/mol. The SMILES string of the molecule is CCn1c(=O)n(CCC(=O)NCCC[S@](C)=O)c2ccccc21. The zero-order valence-electron chi connectivity index (χ0n) is 13.6. The van der Waals surface area contributed by atoms with Gasteiger partial charge in [0.15, 0.2) is 0 Å². The highest BCUT2D eigenvalue weighted by atomic mass is 32.2. The number of carbonyl (C=O) groups is 1. The zero-order valence-corrected chi connectivity index (χ0v) is 14.4. The van der Waals surface area contributed by atoms with E-state index in [-0.39, 0.29) is 18.0 Å². The molecule has 1 aromatic carbocycles. The number of imidazole rings is 1. The number of fused-ring (bicyclic) bond motifs is 1. The molecule has 0 spiro atoms. The van der Waals surface area contributed by atoms with E-state index in [1.54, 1.807) is 15.4 Å². The summed E-state index contributed by atoms with van der Waals surface area (Å²) < 4.78 is 14.3. The molecule has 2 rings (SSSR count). The first-order valence-electron chi connectivity index (χ1n) is 7.79. The molecule has 2 aromatic rings. The number of rotatable bonds is 8. The van der Waals surface area contributed by atoms with Gasteiger partial charge in [-0.25, -0.2) is 4.79 Å². The Hall–Kier alpha value is -1.89. The Kier molecular flexibility index (Phi) is 6.15. The number of hydrogen-bond donors (Lipinski definition) is 1. The van der Waals surface area contributed by atoms with E-state index in [1.807, 2.05) is 31.2 Å². The molecule has 1 atom stereocenters. The number of carbonyl (C=O) groups excluding carboxylic acids is 1. The van der Waals surface area contributed by atoms with Crippen molar-refractivity contribution in [1.29, 1.82) is 0 Å². The topological polar surface area (TPSA) is 73.1 Å². The molecular formula is C16H23N3O3S. The van der Waals surface area contributed by atoms with Gasteiger partial charge in [-0.05, 0) is 25.5 Å². The van der Waals surface area contributed by atoms with Crippen LogP contribution in [0.4, 0.5) is 0 Å². The second kappa shape index (κ2) is 8.10. The molecule has 7 heteroatoms. The maximum atomic E-state index is 12.4. The van der Waals surface area contributed by atoms with E-state index >= 15 is 0 Å². The van der Waals surface area contributed by atoms with E-state index in [2.05, 4.69) is 5.32 Å². The minimum absolute atomic E-state index is 0.0807. The Morgan fingerprint density at radius 3 is 2.48 bits per heavy atom. The quantitative estimate of drug-likeness (QED) is 0.733. The molecule has 1 N–H and O–H groups in total. The van der Waals surface area contributed by atoms with Crippen LogP contribution in [0.3, 0.4) is 0 Å². The third-order valence-corrected chi connectivity index (χ3v) is 4.60. The van der Waals surface area contributed by atoms with E-state index in [1.165, 1.54) is 0 Å². The molecule has 0 aliphatic rings. The van der Waals surface area contributed by atoms with Crippen molar-refractivity contribution >= 4 is 27.7 Å². The van der Waals surface area contributed by atoms with Crippen molar-refractivity contribution < 1.29 is 9.00 Å². The van der Waals surface area contributed by atoms with E-state index in [4.69, 9.17) is 0 Å². The van der Waals surface area contributed by atoms with Crippen LogP contribution >= 0.6 is 0 Å². The fourth-order valence-electron chi connectivity index (χ4n) is 2.60. The van der Waals surface area contributed by atoms with Crippen molar-refractivity contribution in [3.8, 4) is 0 Å². The molecular weight excluding hydrogens is 314 g/mol. The van der Waals surface area contributed by atoms with Crippen LogP contribution in [0.25, 0.3) is 11.0 Å². The molecule has 0 saturated carbocycles. The van der Waals surface area contributed by atoms with Gasteiger partial charge in [-0.3, -0.25) is 18.1 Å². The van der Waals surface area contributed by atoms with Crippen LogP contribution in [0.5, 0.6) is 0 Å². The van der Waals surface area contributed by atoms with Gasteiger partial charge in [0.05, 0.1) is 11.0 Å². The standard InChI is InChI=1S/C16H23N3O3S/c1-3-18-13-7-4-5-8-14(13)19(16(18)21)11-9-15(20)17-10-6-12-23(2)22/h4-5,7-8H,3,6,9-12H2,1-2H3,(H,17,20)/t23-/m0/s1. The van der Waals surface area contributed by atoms with Gasteiger partial charge < -0.3 is 5.32 Å².